The number of para-hydroxylation sites is 1. The quantitative estimate of drug-likeness (QED) is 0.330. The molecular weight excluding hydrogens is 451 g/mol. The van der Waals surface area contributed by atoms with Gasteiger partial charge in [-0.05, 0) is 43.7 Å². The summed E-state index contributed by atoms with van der Waals surface area (Å²) >= 11 is 0. The largest absolute Gasteiger partial charge is 0.494 e. The van der Waals surface area contributed by atoms with Crippen LogP contribution in [0.15, 0.2) is 54.7 Å². The molecule has 0 bridgehead atoms. The fraction of sp³-hybridized carbons (Fsp3) is 0.174. The number of hydrogen-bond donors (Lipinski definition) is 3. The predicted octanol–water partition coefficient (Wildman–Crippen LogP) is 3.23. The van der Waals surface area contributed by atoms with E-state index >= 15 is 0 Å². The maximum atomic E-state index is 12.0. The van der Waals surface area contributed by atoms with Crippen molar-refractivity contribution < 1.29 is 9.53 Å². The number of pyridine rings is 1. The molecule has 174 valence electrons. The smallest absolute Gasteiger partial charge is 0.271 e. The lowest BCUT2D eigenvalue weighted by molar-refractivity contribution is 0.0995. The monoisotopic (exact) mass is 476 g/mol. The molecule has 4 rings (SSSR count). The van der Waals surface area contributed by atoms with Gasteiger partial charge >= 0.3 is 0 Å². The predicted molar refractivity (Wildman–Crippen MR) is 135 cm³/mol. The van der Waals surface area contributed by atoms with Crippen molar-refractivity contribution in [1.29, 1.82) is 0 Å². The Morgan fingerprint density at radius 2 is 1.85 bits per heavy atom. The Morgan fingerprint density at radius 1 is 1.03 bits per heavy atom. The zero-order valence-electron chi connectivity index (χ0n) is 19.3. The summed E-state index contributed by atoms with van der Waals surface area (Å²) < 4.78 is 7.65. The molecule has 4 aromatic rings. The van der Waals surface area contributed by atoms with E-state index in [1.807, 2.05) is 42.1 Å². The fourth-order valence-electron chi connectivity index (χ4n) is 3.51. The molecule has 0 atom stereocenters. The molecule has 0 unspecified atom stereocenters. The molecule has 34 heavy (non-hydrogen) atoms. The van der Waals surface area contributed by atoms with E-state index in [1.165, 1.54) is 5.44 Å². The molecule has 11 heteroatoms. The summed E-state index contributed by atoms with van der Waals surface area (Å²) in [7, 11) is 3.21. The van der Waals surface area contributed by atoms with E-state index in [-0.39, 0.29) is 13.6 Å². The Hall–Kier alpha value is -4.04. The molecule has 10 nitrogen and oxygen atoms in total. The molecule has 0 fully saturated rings. The van der Waals surface area contributed by atoms with E-state index in [0.29, 0.717) is 28.8 Å². The minimum absolute atomic E-state index is 0.00163. The average molecular weight is 476 g/mol. The van der Waals surface area contributed by atoms with E-state index in [1.54, 1.807) is 25.4 Å². The summed E-state index contributed by atoms with van der Waals surface area (Å²) in [4.78, 5) is 16.3. The second-order valence-electron chi connectivity index (χ2n) is 7.61. The number of aryl methyl sites for hydroxylation is 1. The Kier molecular flexibility index (Phi) is 6.70. The van der Waals surface area contributed by atoms with E-state index in [2.05, 4.69) is 50.3 Å². The van der Waals surface area contributed by atoms with Gasteiger partial charge in [0.15, 0.2) is 17.3 Å². The van der Waals surface area contributed by atoms with Crippen LogP contribution < -0.4 is 26.5 Å². The number of rotatable bonds is 8. The molecule has 0 aliphatic carbocycles. The number of nitrogens with zero attached hydrogens (tertiary/aromatic N) is 5. The zero-order chi connectivity index (χ0) is 24.2. The average Bonchev–Trinajstić information content (AvgIpc) is 3.21. The first-order valence-electron chi connectivity index (χ1n) is 10.4. The van der Waals surface area contributed by atoms with Crippen LogP contribution in [-0.2, 0) is 7.05 Å². The highest BCUT2D eigenvalue weighted by Gasteiger charge is 2.19. The van der Waals surface area contributed by atoms with Crippen LogP contribution in [-0.4, -0.2) is 51.3 Å². The maximum absolute atomic E-state index is 12.0. The number of anilines is 4. The van der Waals surface area contributed by atoms with Crippen LogP contribution in [0.1, 0.15) is 10.5 Å². The number of primary amides is 1. The van der Waals surface area contributed by atoms with Crippen molar-refractivity contribution in [2.75, 3.05) is 31.1 Å². The molecule has 1 aromatic carbocycles. The molecule has 0 spiro atoms. The number of benzene rings is 1. The van der Waals surface area contributed by atoms with Crippen LogP contribution in [0.3, 0.4) is 0 Å². The van der Waals surface area contributed by atoms with Gasteiger partial charge in [0.2, 0.25) is 0 Å². The highest BCUT2D eigenvalue weighted by Crippen LogP contribution is 2.38. The molecular formula is C23H25N8O2P. The van der Waals surface area contributed by atoms with Crippen LogP contribution in [0.4, 0.5) is 23.0 Å². The van der Waals surface area contributed by atoms with E-state index < -0.39 is 5.91 Å². The Morgan fingerprint density at radius 3 is 2.50 bits per heavy atom. The van der Waals surface area contributed by atoms with Gasteiger partial charge in [-0.15, -0.1) is 10.2 Å². The minimum atomic E-state index is -0.705. The van der Waals surface area contributed by atoms with Gasteiger partial charge in [-0.3, -0.25) is 9.48 Å². The first-order chi connectivity index (χ1) is 16.4. The topological polar surface area (TPSA) is 133 Å². The maximum Gasteiger partial charge on any atom is 0.271 e. The first kappa shape index (κ1) is 23.1. The third kappa shape index (κ3) is 4.82. The Bertz CT molecular complexity index is 1320. The Balaban J connectivity index is 1.73. The zero-order valence-corrected chi connectivity index (χ0v) is 20.2. The number of carbonyl (C=O) groups is 1. The van der Waals surface area contributed by atoms with Crippen LogP contribution in [0, 0.1) is 0 Å². The number of amides is 1. The summed E-state index contributed by atoms with van der Waals surface area (Å²) in [6.45, 7) is 4.37. The highest BCUT2D eigenvalue weighted by atomic mass is 31.1. The van der Waals surface area contributed by atoms with E-state index in [0.717, 1.165) is 11.3 Å². The Labute approximate surface area is 198 Å². The lowest BCUT2D eigenvalue weighted by atomic mass is 10.1. The summed E-state index contributed by atoms with van der Waals surface area (Å²) in [5.41, 5.74) is 9.35. The number of methoxy groups -OCH3 is 1. The van der Waals surface area contributed by atoms with Gasteiger partial charge in [0.05, 0.1) is 29.6 Å². The van der Waals surface area contributed by atoms with Crippen molar-refractivity contribution in [3.05, 3.63) is 60.4 Å². The lowest BCUT2D eigenvalue weighted by Gasteiger charge is -2.16. The van der Waals surface area contributed by atoms with Crippen molar-refractivity contribution in [2.24, 2.45) is 12.8 Å². The van der Waals surface area contributed by atoms with Crippen molar-refractivity contribution in [2.45, 2.75) is 0 Å². The molecule has 3 aromatic heterocycles. The molecule has 1 amide bonds. The number of nitrogens with one attached hydrogen (secondary N) is 2. The van der Waals surface area contributed by atoms with Crippen LogP contribution in [0.2, 0.25) is 0 Å². The number of hydrogen-bond acceptors (Lipinski definition) is 8. The van der Waals surface area contributed by atoms with Gasteiger partial charge in [0.1, 0.15) is 5.82 Å². The van der Waals surface area contributed by atoms with Crippen molar-refractivity contribution in [3.8, 4) is 17.0 Å². The number of aromatic nitrogens is 5. The van der Waals surface area contributed by atoms with Crippen molar-refractivity contribution >= 4 is 42.3 Å². The molecule has 0 aliphatic heterocycles. The van der Waals surface area contributed by atoms with Gasteiger partial charge in [0, 0.05) is 24.9 Å². The first-order valence-corrected chi connectivity index (χ1v) is 12.6. The molecule has 0 saturated heterocycles. The van der Waals surface area contributed by atoms with Crippen LogP contribution in [0.25, 0.3) is 11.3 Å². The summed E-state index contributed by atoms with van der Waals surface area (Å²) in [6.07, 6.45) is 1.66. The highest BCUT2D eigenvalue weighted by molar-refractivity contribution is 7.63. The van der Waals surface area contributed by atoms with Crippen molar-refractivity contribution in [3.63, 3.8) is 0 Å². The molecule has 0 radical (unpaired) electrons. The summed E-state index contributed by atoms with van der Waals surface area (Å²) in [5, 5.41) is 19.0. The number of ether oxygens (including phenoxy) is 1. The molecule has 0 saturated carbocycles. The lowest BCUT2D eigenvalue weighted by Crippen LogP contribution is -2.17. The fourth-order valence-corrected chi connectivity index (χ4v) is 4.51. The van der Waals surface area contributed by atoms with E-state index in [4.69, 9.17) is 10.5 Å². The third-order valence-corrected chi connectivity index (χ3v) is 6.36. The summed E-state index contributed by atoms with van der Waals surface area (Å²) in [6, 6.07) is 14.8. The molecule has 0 aliphatic rings. The number of carbonyl (C=O) groups excluding carboxylic acids is 1. The standard InChI is InChI=1S/C23H25N8O2P/c1-31-20(34(3)4)13-16(30-31)14-8-7-9-15(22(14)33-2)26-17-12-19(28-29-21(17)23(24)32)27-18-10-5-6-11-25-18/h5-13H,1-4H3,(H2,24,32)(H2,25,26,27,28). The van der Waals surface area contributed by atoms with Crippen LogP contribution in [0.5, 0.6) is 5.75 Å². The second-order valence-corrected chi connectivity index (χ2v) is 9.86. The van der Waals surface area contributed by atoms with Gasteiger partial charge in [-0.2, -0.15) is 5.10 Å². The SMILES string of the molecule is COc1c(Nc2cc(Nc3ccccn3)nnc2C(N)=O)cccc1-c1cc(P(C)C)n(C)n1. The van der Waals surface area contributed by atoms with Gasteiger partial charge in [-0.1, -0.05) is 20.1 Å². The summed E-state index contributed by atoms with van der Waals surface area (Å²) in [5.74, 6) is 0.861. The number of nitrogens with two attached hydrogens (primary N) is 1. The second kappa shape index (κ2) is 9.84. The van der Waals surface area contributed by atoms with E-state index in [9.17, 15) is 4.79 Å². The normalized spacial score (nSPS) is 10.9. The third-order valence-electron chi connectivity index (χ3n) is 5.03. The van der Waals surface area contributed by atoms with Gasteiger partial charge in [0.25, 0.3) is 5.91 Å². The van der Waals surface area contributed by atoms with Crippen molar-refractivity contribution in [1.82, 2.24) is 25.0 Å². The molecule has 3 heterocycles. The minimum Gasteiger partial charge on any atom is -0.494 e. The molecule has 4 N–H and O–H groups in total. The van der Waals surface area contributed by atoms with Gasteiger partial charge < -0.3 is 21.1 Å². The van der Waals surface area contributed by atoms with Gasteiger partial charge in [-0.25, -0.2) is 4.98 Å². The van der Waals surface area contributed by atoms with Crippen LogP contribution >= 0.6 is 7.92 Å².